The zero-order chi connectivity index (χ0) is 18.0. The van der Waals surface area contributed by atoms with Crippen LogP contribution in [0.25, 0.3) is 5.70 Å². The fourth-order valence-corrected chi connectivity index (χ4v) is 3.14. The summed E-state index contributed by atoms with van der Waals surface area (Å²) in [6, 6.07) is 15.1. The first-order valence-electron chi connectivity index (χ1n) is 8.34. The maximum atomic E-state index is 12.7. The predicted octanol–water partition coefficient (Wildman–Crippen LogP) is 3.79. The molecule has 2 aromatic carbocycles. The summed E-state index contributed by atoms with van der Waals surface area (Å²) in [6.45, 7) is 5.71. The molecule has 0 aromatic heterocycles. The molecule has 1 aliphatic rings. The van der Waals surface area contributed by atoms with Crippen LogP contribution in [-0.4, -0.2) is 17.2 Å². The third-order valence-electron chi connectivity index (χ3n) is 4.18. The molecule has 0 aliphatic carbocycles. The van der Waals surface area contributed by atoms with Gasteiger partial charge in [0.2, 0.25) is 5.91 Å². The molecule has 0 atom stereocenters. The number of carbonyl (C=O) groups is 2. The zero-order valence-corrected chi connectivity index (χ0v) is 14.7. The molecule has 3 rings (SSSR count). The average Bonchev–Trinajstić information content (AvgIpc) is 2.54. The minimum absolute atomic E-state index is 0.0654. The molecule has 1 aliphatic heterocycles. The van der Waals surface area contributed by atoms with Crippen molar-refractivity contribution in [2.24, 2.45) is 0 Å². The van der Waals surface area contributed by atoms with Gasteiger partial charge in [-0.3, -0.25) is 9.59 Å². The molecule has 0 radical (unpaired) electrons. The monoisotopic (exact) mass is 334 g/mol. The first kappa shape index (κ1) is 17.0. The molecule has 0 saturated carbocycles. The number of benzene rings is 2. The Kier molecular flexibility index (Phi) is 4.45. The third kappa shape index (κ3) is 3.97. The molecule has 0 saturated heterocycles. The van der Waals surface area contributed by atoms with Crippen molar-refractivity contribution in [3.63, 3.8) is 0 Å². The van der Waals surface area contributed by atoms with Gasteiger partial charge >= 0.3 is 0 Å². The van der Waals surface area contributed by atoms with E-state index in [1.807, 2.05) is 18.2 Å². The normalized spacial score (nSPS) is 16.7. The lowest BCUT2D eigenvalue weighted by Gasteiger charge is -2.35. The smallest absolute Gasteiger partial charge is 0.221 e. The van der Waals surface area contributed by atoms with E-state index in [-0.39, 0.29) is 17.2 Å². The summed E-state index contributed by atoms with van der Waals surface area (Å²) in [7, 11) is 0. The van der Waals surface area contributed by atoms with Crippen molar-refractivity contribution in [3.05, 3.63) is 71.3 Å². The van der Waals surface area contributed by atoms with Crippen molar-refractivity contribution in [1.82, 2.24) is 5.32 Å². The van der Waals surface area contributed by atoms with Gasteiger partial charge in [0.1, 0.15) is 0 Å². The number of hydrogen-bond acceptors (Lipinski definition) is 3. The second-order valence-corrected chi connectivity index (χ2v) is 7.02. The quantitative estimate of drug-likeness (QED) is 0.663. The van der Waals surface area contributed by atoms with Crippen molar-refractivity contribution in [2.45, 2.75) is 32.7 Å². The highest BCUT2D eigenvalue weighted by Crippen LogP contribution is 2.29. The van der Waals surface area contributed by atoms with Gasteiger partial charge < -0.3 is 10.6 Å². The van der Waals surface area contributed by atoms with Gasteiger partial charge in [-0.2, -0.15) is 0 Å². The number of fused-ring (bicyclic) bond motifs is 1. The number of carbonyl (C=O) groups excluding carboxylic acids is 2. The molecule has 0 spiro atoms. The number of nitrogens with one attached hydrogen (secondary N) is 2. The fourth-order valence-electron chi connectivity index (χ4n) is 3.14. The van der Waals surface area contributed by atoms with E-state index in [0.29, 0.717) is 11.3 Å². The highest BCUT2D eigenvalue weighted by atomic mass is 16.1. The summed E-state index contributed by atoms with van der Waals surface area (Å²) < 4.78 is 0. The third-order valence-corrected chi connectivity index (χ3v) is 4.18. The van der Waals surface area contributed by atoms with Crippen LogP contribution in [0.2, 0.25) is 0 Å². The van der Waals surface area contributed by atoms with Crippen LogP contribution in [0.15, 0.2) is 54.6 Å². The summed E-state index contributed by atoms with van der Waals surface area (Å²) in [6.07, 6.45) is 2.58. The van der Waals surface area contributed by atoms with Crippen LogP contribution in [0.4, 0.5) is 5.69 Å². The van der Waals surface area contributed by atoms with Crippen LogP contribution >= 0.6 is 0 Å². The largest absolute Gasteiger partial charge is 0.379 e. The first-order valence-corrected chi connectivity index (χ1v) is 8.34. The maximum absolute atomic E-state index is 12.7. The second kappa shape index (κ2) is 6.55. The van der Waals surface area contributed by atoms with Crippen LogP contribution in [0, 0.1) is 0 Å². The Morgan fingerprint density at radius 3 is 2.44 bits per heavy atom. The van der Waals surface area contributed by atoms with Gasteiger partial charge in [0.25, 0.3) is 0 Å². The van der Waals surface area contributed by atoms with Crippen molar-refractivity contribution in [1.29, 1.82) is 0 Å². The number of ketones is 1. The first-order chi connectivity index (χ1) is 11.8. The highest BCUT2D eigenvalue weighted by molar-refractivity contribution is 6.09. The molecule has 4 heteroatoms. The van der Waals surface area contributed by atoms with Gasteiger partial charge in [-0.05, 0) is 50.1 Å². The number of hydrogen-bond donors (Lipinski definition) is 2. The van der Waals surface area contributed by atoms with Gasteiger partial charge in [-0.25, -0.2) is 0 Å². The van der Waals surface area contributed by atoms with Crippen LogP contribution in [0.1, 0.15) is 42.3 Å². The molecule has 128 valence electrons. The van der Waals surface area contributed by atoms with Gasteiger partial charge in [-0.1, -0.05) is 24.3 Å². The van der Waals surface area contributed by atoms with Crippen molar-refractivity contribution in [3.8, 4) is 0 Å². The van der Waals surface area contributed by atoms with E-state index in [4.69, 9.17) is 0 Å². The summed E-state index contributed by atoms with van der Waals surface area (Å²) in [5, 5.41) is 6.17. The molecule has 25 heavy (non-hydrogen) atoms. The number of allylic oxidation sites excluding steroid dienone is 1. The average molecular weight is 334 g/mol. The Balaban J connectivity index is 1.89. The predicted molar refractivity (Wildman–Crippen MR) is 100 cm³/mol. The standard InChI is InChI=1S/C21H22N2O2/c1-14(24)22-17-10-8-15(9-11-17)20(25)12-19-18-7-5-4-6-16(18)13-21(2,3)23-19/h4-12,23H,13H2,1-3H3,(H,22,24). The van der Waals surface area contributed by atoms with Gasteiger partial charge in [0.15, 0.2) is 5.78 Å². The summed E-state index contributed by atoms with van der Waals surface area (Å²) >= 11 is 0. The topological polar surface area (TPSA) is 58.2 Å². The van der Waals surface area contributed by atoms with Crippen LogP contribution < -0.4 is 10.6 Å². The van der Waals surface area contributed by atoms with Crippen molar-refractivity contribution in [2.75, 3.05) is 5.32 Å². The summed E-state index contributed by atoms with van der Waals surface area (Å²) in [5.74, 6) is -0.198. The van der Waals surface area contributed by atoms with Gasteiger partial charge in [0.05, 0.1) is 0 Å². The van der Waals surface area contributed by atoms with Crippen LogP contribution in [0.3, 0.4) is 0 Å². The summed E-state index contributed by atoms with van der Waals surface area (Å²) in [4.78, 5) is 23.7. The van der Waals surface area contributed by atoms with E-state index >= 15 is 0 Å². The van der Waals surface area contributed by atoms with E-state index in [9.17, 15) is 9.59 Å². The van der Waals surface area contributed by atoms with Gasteiger partial charge in [-0.15, -0.1) is 0 Å². The van der Waals surface area contributed by atoms with Gasteiger partial charge in [0, 0.05) is 41.1 Å². The molecule has 1 amide bonds. The fraction of sp³-hybridized carbons (Fsp3) is 0.238. The van der Waals surface area contributed by atoms with E-state index in [0.717, 1.165) is 17.7 Å². The van der Waals surface area contributed by atoms with E-state index in [2.05, 4.69) is 30.5 Å². The van der Waals surface area contributed by atoms with E-state index < -0.39 is 0 Å². The molecule has 2 aromatic rings. The number of rotatable bonds is 3. The summed E-state index contributed by atoms with van der Waals surface area (Å²) in [5.41, 5.74) is 4.33. The zero-order valence-electron chi connectivity index (χ0n) is 14.7. The van der Waals surface area contributed by atoms with Crippen LogP contribution in [-0.2, 0) is 11.2 Å². The highest BCUT2D eigenvalue weighted by Gasteiger charge is 2.27. The van der Waals surface area contributed by atoms with Crippen LogP contribution in [0.5, 0.6) is 0 Å². The van der Waals surface area contributed by atoms with E-state index in [1.54, 1.807) is 30.3 Å². The SMILES string of the molecule is CC(=O)Nc1ccc(C(=O)C=C2NC(C)(C)Cc3ccccc32)cc1. The lowest BCUT2D eigenvalue weighted by molar-refractivity contribution is -0.114. The maximum Gasteiger partial charge on any atom is 0.221 e. The molecule has 0 bridgehead atoms. The second-order valence-electron chi connectivity index (χ2n) is 7.02. The molecule has 1 heterocycles. The minimum Gasteiger partial charge on any atom is -0.379 e. The minimum atomic E-state index is -0.133. The Morgan fingerprint density at radius 1 is 1.08 bits per heavy atom. The Morgan fingerprint density at radius 2 is 1.76 bits per heavy atom. The molecule has 4 nitrogen and oxygen atoms in total. The van der Waals surface area contributed by atoms with E-state index in [1.165, 1.54) is 12.5 Å². The lowest BCUT2D eigenvalue weighted by atomic mass is 9.85. The molecular weight excluding hydrogens is 312 g/mol. The van der Waals surface area contributed by atoms with Crippen molar-refractivity contribution >= 4 is 23.1 Å². The number of anilines is 1. The molecule has 2 N–H and O–H groups in total. The Bertz CT molecular complexity index is 848. The molecular formula is C21H22N2O2. The number of amides is 1. The molecule has 0 fully saturated rings. The van der Waals surface area contributed by atoms with Crippen molar-refractivity contribution < 1.29 is 9.59 Å². The Labute approximate surface area is 148 Å². The molecule has 0 unspecified atom stereocenters. The Hall–Kier alpha value is -2.88. The lowest BCUT2D eigenvalue weighted by Crippen LogP contribution is -2.43.